The molecule has 64 heavy (non-hydrogen) atoms. The van der Waals surface area contributed by atoms with Gasteiger partial charge in [0.1, 0.15) is 23.3 Å². The summed E-state index contributed by atoms with van der Waals surface area (Å²) in [6.07, 6.45) is -2.97. The Bertz CT molecular complexity index is 2730. The molecular formula is C41H39F6N7O8S2. The summed E-state index contributed by atoms with van der Waals surface area (Å²) in [6.45, 7) is -0.877. The number of hydrogen-bond acceptors (Lipinski definition) is 11. The quantitative estimate of drug-likeness (QED) is 0.132. The molecule has 4 amide bonds. The average molecular weight is 936 g/mol. The number of carbonyl (C=O) groups is 3. The normalized spacial score (nSPS) is 15.6. The molecule has 0 spiro atoms. The summed E-state index contributed by atoms with van der Waals surface area (Å²) in [6, 6.07) is 16.8. The van der Waals surface area contributed by atoms with Gasteiger partial charge in [-0.1, -0.05) is 30.3 Å². The van der Waals surface area contributed by atoms with Crippen molar-refractivity contribution >= 4 is 48.9 Å². The number of aromatic nitrogens is 2. The molecule has 3 heterocycles. The molecule has 0 aliphatic carbocycles. The first-order chi connectivity index (χ1) is 30.3. The van der Waals surface area contributed by atoms with Crippen molar-refractivity contribution in [2.24, 2.45) is 5.73 Å². The van der Waals surface area contributed by atoms with Crippen molar-refractivity contribution in [2.75, 3.05) is 65.5 Å². The third kappa shape index (κ3) is 11.8. The minimum atomic E-state index is -3.25. The molecule has 7 rings (SSSR count). The van der Waals surface area contributed by atoms with Gasteiger partial charge in [0.05, 0.1) is 42.6 Å². The summed E-state index contributed by atoms with van der Waals surface area (Å²) < 4.78 is 134. The van der Waals surface area contributed by atoms with E-state index in [1.165, 1.54) is 75.4 Å². The number of sulfone groups is 2. The van der Waals surface area contributed by atoms with Crippen LogP contribution in [-0.4, -0.2) is 110 Å². The molecule has 0 atom stereocenters. The molecule has 2 fully saturated rings. The molecule has 2 aliphatic rings. The Kier molecular flexibility index (Phi) is 14.7. The lowest BCUT2D eigenvalue weighted by atomic mass is 10.1. The number of nitrogens with two attached hydrogens (primary N) is 1. The second-order valence-corrected chi connectivity index (χ2v) is 19.1. The third-order valence-electron chi connectivity index (χ3n) is 10.1. The second-order valence-electron chi connectivity index (χ2n) is 14.5. The van der Waals surface area contributed by atoms with Crippen molar-refractivity contribution in [2.45, 2.75) is 19.5 Å². The lowest BCUT2D eigenvalue weighted by Crippen LogP contribution is -2.49. The van der Waals surface area contributed by atoms with Gasteiger partial charge in [-0.15, -0.1) is 10.2 Å². The van der Waals surface area contributed by atoms with Gasteiger partial charge in [-0.25, -0.2) is 44.0 Å². The first-order valence-corrected chi connectivity index (χ1v) is 22.9. The minimum Gasteiger partial charge on any atom is -0.415 e. The largest absolute Gasteiger partial charge is 0.415 e. The van der Waals surface area contributed by atoms with Crippen LogP contribution >= 0.6 is 0 Å². The first-order valence-electron chi connectivity index (χ1n) is 19.3. The number of anilines is 2. The maximum absolute atomic E-state index is 14.9. The molecule has 23 heteroatoms. The molecular weight excluding hydrogens is 897 g/mol. The highest BCUT2D eigenvalue weighted by Crippen LogP contribution is 2.28. The SMILES string of the molecule is NCC(=O)c1ccc(CN(C(=O)N2CCS(=O)(=O)CC2)c2cccc(F)c2)c(F)c1.O=C(N1CCS(=O)(=O)CC1)N(Cc1ccc(-c2nnc(C(F)F)o2)cc1F)c1cccc(F)c1. The Labute approximate surface area is 362 Å². The number of nitrogens with zero attached hydrogens (tertiary/aromatic N) is 6. The molecule has 2 saturated heterocycles. The van der Waals surface area contributed by atoms with Crippen LogP contribution in [0, 0.1) is 23.3 Å². The van der Waals surface area contributed by atoms with E-state index in [-0.39, 0.29) is 108 Å². The minimum absolute atomic E-state index is 0.000591. The summed E-state index contributed by atoms with van der Waals surface area (Å²) >= 11 is 0. The highest BCUT2D eigenvalue weighted by Gasteiger charge is 2.31. The van der Waals surface area contributed by atoms with Crippen molar-refractivity contribution < 1.29 is 62.0 Å². The van der Waals surface area contributed by atoms with Crippen molar-refractivity contribution in [3.63, 3.8) is 0 Å². The van der Waals surface area contributed by atoms with Crippen molar-refractivity contribution in [3.8, 4) is 11.5 Å². The number of carbonyl (C=O) groups excluding carboxylic acids is 3. The number of halogens is 6. The summed E-state index contributed by atoms with van der Waals surface area (Å²) in [5.74, 6) is -5.04. The number of benzene rings is 4. The third-order valence-corrected chi connectivity index (χ3v) is 13.3. The van der Waals surface area contributed by atoms with Gasteiger partial charge in [0.2, 0.25) is 5.89 Å². The molecule has 340 valence electrons. The van der Waals surface area contributed by atoms with Gasteiger partial charge in [0, 0.05) is 59.8 Å². The monoisotopic (exact) mass is 935 g/mol. The average Bonchev–Trinajstić information content (AvgIpc) is 3.76. The fourth-order valence-corrected chi connectivity index (χ4v) is 8.93. The van der Waals surface area contributed by atoms with E-state index in [4.69, 9.17) is 10.2 Å². The molecule has 2 N–H and O–H groups in total. The van der Waals surface area contributed by atoms with E-state index in [9.17, 15) is 57.6 Å². The maximum Gasteiger partial charge on any atom is 0.324 e. The predicted molar refractivity (Wildman–Crippen MR) is 221 cm³/mol. The van der Waals surface area contributed by atoms with Crippen molar-refractivity contribution in [1.29, 1.82) is 0 Å². The van der Waals surface area contributed by atoms with Gasteiger partial charge in [-0.05, 0) is 54.6 Å². The summed E-state index contributed by atoms with van der Waals surface area (Å²) in [4.78, 5) is 42.9. The van der Waals surface area contributed by atoms with Crippen LogP contribution in [0.2, 0.25) is 0 Å². The molecule has 0 radical (unpaired) electrons. The number of amides is 4. The van der Waals surface area contributed by atoms with Crippen LogP contribution < -0.4 is 15.5 Å². The molecule has 1 aromatic heterocycles. The summed E-state index contributed by atoms with van der Waals surface area (Å²) in [5.41, 5.74) is 5.99. The Balaban J connectivity index is 0.000000214. The Morgan fingerprint density at radius 2 is 1.12 bits per heavy atom. The molecule has 0 saturated carbocycles. The zero-order valence-corrected chi connectivity index (χ0v) is 35.2. The lowest BCUT2D eigenvalue weighted by Gasteiger charge is -2.33. The zero-order chi connectivity index (χ0) is 46.3. The summed E-state index contributed by atoms with van der Waals surface area (Å²) in [5, 5.41) is 6.67. The molecule has 0 bridgehead atoms. The van der Waals surface area contributed by atoms with Gasteiger partial charge < -0.3 is 20.0 Å². The van der Waals surface area contributed by atoms with E-state index in [0.717, 1.165) is 29.2 Å². The number of urea groups is 2. The van der Waals surface area contributed by atoms with Crippen LogP contribution in [0.15, 0.2) is 89.3 Å². The van der Waals surface area contributed by atoms with Crippen LogP contribution in [0.5, 0.6) is 0 Å². The number of alkyl halides is 2. The van der Waals surface area contributed by atoms with Crippen LogP contribution in [0.25, 0.3) is 11.5 Å². The highest BCUT2D eigenvalue weighted by atomic mass is 32.2. The molecule has 2 aliphatic heterocycles. The van der Waals surface area contributed by atoms with E-state index in [1.54, 1.807) is 0 Å². The van der Waals surface area contributed by atoms with E-state index < -0.39 is 73.1 Å². The van der Waals surface area contributed by atoms with Gasteiger partial charge >= 0.3 is 18.5 Å². The summed E-state index contributed by atoms with van der Waals surface area (Å²) in [7, 11) is -6.45. The number of hydrogen-bond donors (Lipinski definition) is 1. The van der Waals surface area contributed by atoms with Gasteiger partial charge in [-0.3, -0.25) is 14.6 Å². The topological polar surface area (TPSA) is 197 Å². The van der Waals surface area contributed by atoms with Gasteiger partial charge in [-0.2, -0.15) is 8.78 Å². The van der Waals surface area contributed by atoms with Gasteiger partial charge in [0.25, 0.3) is 5.89 Å². The number of ketones is 1. The van der Waals surface area contributed by atoms with E-state index in [0.29, 0.717) is 0 Å². The van der Waals surface area contributed by atoms with E-state index in [1.807, 2.05) is 0 Å². The standard InChI is InChI=1S/C21H18F4N4O4S.C20H21F2N3O4S/c22-15-2-1-3-16(11-15)29(21(30)28-6-8-34(31,32)9-7-28)12-14-5-4-13(10-17(14)23)19-26-27-20(33-19)18(24)25;21-16-2-1-3-17(11-16)25(20(27)24-6-8-30(28,29)9-7-24)13-15-5-4-14(10-18(15)22)19(26)12-23/h1-5,10-11,18H,6-9,12H2;1-5,10-11H,6-9,12-13,23H2. The fraction of sp³-hybridized carbons (Fsp3) is 0.293. The molecule has 4 aromatic carbocycles. The van der Waals surface area contributed by atoms with E-state index in [2.05, 4.69) is 10.2 Å². The van der Waals surface area contributed by atoms with E-state index >= 15 is 0 Å². The molecule has 15 nitrogen and oxygen atoms in total. The second kappa shape index (κ2) is 20.0. The first kappa shape index (κ1) is 47.2. The number of rotatable bonds is 10. The van der Waals surface area contributed by atoms with Crippen LogP contribution in [0.1, 0.15) is 33.8 Å². The Morgan fingerprint density at radius 1 is 0.656 bits per heavy atom. The van der Waals surface area contributed by atoms with Crippen LogP contribution in [0.3, 0.4) is 0 Å². The van der Waals surface area contributed by atoms with Crippen LogP contribution in [-0.2, 0) is 32.8 Å². The smallest absolute Gasteiger partial charge is 0.324 e. The molecule has 0 unspecified atom stereocenters. The fourth-order valence-electron chi connectivity index (χ4n) is 6.53. The number of Topliss-reactive ketones (excluding diaryl/α,β-unsaturated/α-hetero) is 1. The molecule has 5 aromatic rings. The van der Waals surface area contributed by atoms with Crippen molar-refractivity contribution in [1.82, 2.24) is 20.0 Å². The highest BCUT2D eigenvalue weighted by molar-refractivity contribution is 7.91. The zero-order valence-electron chi connectivity index (χ0n) is 33.5. The van der Waals surface area contributed by atoms with Crippen LogP contribution in [0.4, 0.5) is 47.3 Å². The van der Waals surface area contributed by atoms with Gasteiger partial charge in [0.15, 0.2) is 25.5 Å². The Morgan fingerprint density at radius 3 is 1.53 bits per heavy atom. The Hall–Kier alpha value is -6.33. The predicted octanol–water partition coefficient (Wildman–Crippen LogP) is 5.77. The van der Waals surface area contributed by atoms with Crippen molar-refractivity contribution in [3.05, 3.63) is 131 Å². The maximum atomic E-state index is 14.9. The lowest BCUT2D eigenvalue weighted by molar-refractivity contribution is 0.100.